The fourth-order valence-electron chi connectivity index (χ4n) is 4.47. The second-order valence-electron chi connectivity index (χ2n) is 8.14. The largest absolute Gasteiger partial charge is 0.454 e. The summed E-state index contributed by atoms with van der Waals surface area (Å²) in [6, 6.07) is 12.3. The summed E-state index contributed by atoms with van der Waals surface area (Å²) in [6.07, 6.45) is 1.54. The lowest BCUT2D eigenvalue weighted by Crippen LogP contribution is -3.13. The van der Waals surface area contributed by atoms with Crippen LogP contribution in [0, 0.1) is 5.92 Å². The van der Waals surface area contributed by atoms with Crippen LogP contribution in [0.25, 0.3) is 0 Å². The Labute approximate surface area is 179 Å². The van der Waals surface area contributed by atoms with Gasteiger partial charge in [-0.2, -0.15) is 0 Å². The normalized spacial score (nSPS) is 21.9. The van der Waals surface area contributed by atoms with Crippen molar-refractivity contribution < 1.29 is 28.8 Å². The summed E-state index contributed by atoms with van der Waals surface area (Å²) in [5.41, 5.74) is 1.68. The van der Waals surface area contributed by atoms with E-state index in [1.807, 2.05) is 6.07 Å². The molecule has 8 nitrogen and oxygen atoms in total. The number of nitrogens with one attached hydrogen (secondary N) is 2. The SMILES string of the molecule is O=C(Nc1ccc2c(c1)OCO2)C1CC[NH+](CCN2C(=O)c3ccccc3C2=O)CC1. The summed E-state index contributed by atoms with van der Waals surface area (Å²) in [5.74, 6) is 0.876. The molecule has 0 atom stereocenters. The van der Waals surface area contributed by atoms with E-state index in [1.54, 1.807) is 36.4 Å². The number of nitrogens with zero attached hydrogens (tertiary/aromatic N) is 1. The van der Waals surface area contributed by atoms with E-state index in [9.17, 15) is 14.4 Å². The molecular formula is C23H24N3O5+. The van der Waals surface area contributed by atoms with Crippen molar-refractivity contribution in [2.45, 2.75) is 12.8 Å². The molecule has 31 heavy (non-hydrogen) atoms. The number of likely N-dealkylation sites (tertiary alicyclic amines) is 1. The Balaban J connectivity index is 1.11. The third-order valence-electron chi connectivity index (χ3n) is 6.27. The van der Waals surface area contributed by atoms with Crippen molar-refractivity contribution >= 4 is 23.4 Å². The molecule has 2 aromatic carbocycles. The van der Waals surface area contributed by atoms with E-state index >= 15 is 0 Å². The summed E-state index contributed by atoms with van der Waals surface area (Å²) in [6.45, 7) is 2.97. The summed E-state index contributed by atoms with van der Waals surface area (Å²) in [5, 5.41) is 2.97. The number of amides is 3. The molecule has 3 aliphatic heterocycles. The maximum atomic E-state index is 12.7. The van der Waals surface area contributed by atoms with Gasteiger partial charge in [0.25, 0.3) is 11.8 Å². The zero-order valence-electron chi connectivity index (χ0n) is 17.1. The lowest BCUT2D eigenvalue weighted by molar-refractivity contribution is -0.905. The third-order valence-corrected chi connectivity index (χ3v) is 6.27. The highest BCUT2D eigenvalue weighted by Crippen LogP contribution is 2.34. The molecule has 3 amide bonds. The molecule has 0 aromatic heterocycles. The van der Waals surface area contributed by atoms with Crippen molar-refractivity contribution in [3.05, 3.63) is 53.6 Å². The number of hydrogen-bond acceptors (Lipinski definition) is 5. The van der Waals surface area contributed by atoms with Crippen LogP contribution < -0.4 is 19.7 Å². The Morgan fingerprint density at radius 1 is 1.00 bits per heavy atom. The molecule has 3 aliphatic rings. The first-order valence-electron chi connectivity index (χ1n) is 10.6. The topological polar surface area (TPSA) is 89.4 Å². The number of quaternary nitrogens is 1. The Morgan fingerprint density at radius 3 is 2.39 bits per heavy atom. The molecule has 0 aliphatic carbocycles. The van der Waals surface area contributed by atoms with Gasteiger partial charge in [0.15, 0.2) is 11.5 Å². The molecule has 8 heteroatoms. The molecule has 5 rings (SSSR count). The molecule has 0 saturated carbocycles. The number of benzene rings is 2. The highest BCUT2D eigenvalue weighted by atomic mass is 16.7. The maximum Gasteiger partial charge on any atom is 0.261 e. The van der Waals surface area contributed by atoms with Crippen LogP contribution >= 0.6 is 0 Å². The molecule has 2 N–H and O–H groups in total. The minimum absolute atomic E-state index is 0.0123. The van der Waals surface area contributed by atoms with Crippen molar-refractivity contribution in [2.75, 3.05) is 38.3 Å². The lowest BCUT2D eigenvalue weighted by atomic mass is 9.96. The van der Waals surface area contributed by atoms with Crippen molar-refractivity contribution in [1.29, 1.82) is 0 Å². The molecule has 160 valence electrons. The molecular weight excluding hydrogens is 398 g/mol. The molecule has 0 spiro atoms. The van der Waals surface area contributed by atoms with Crippen LogP contribution in [0.15, 0.2) is 42.5 Å². The van der Waals surface area contributed by atoms with Gasteiger partial charge in [-0.1, -0.05) is 12.1 Å². The van der Waals surface area contributed by atoms with E-state index in [0.717, 1.165) is 25.9 Å². The third kappa shape index (κ3) is 3.74. The number of imide groups is 1. The van der Waals surface area contributed by atoms with Gasteiger partial charge in [0.1, 0.15) is 0 Å². The monoisotopic (exact) mass is 422 g/mol. The van der Waals surface area contributed by atoms with Crippen LogP contribution in [0.5, 0.6) is 11.5 Å². The van der Waals surface area contributed by atoms with Gasteiger partial charge in [-0.05, 0) is 24.3 Å². The summed E-state index contributed by atoms with van der Waals surface area (Å²) < 4.78 is 10.7. The first-order chi connectivity index (χ1) is 15.1. The zero-order valence-corrected chi connectivity index (χ0v) is 17.1. The van der Waals surface area contributed by atoms with E-state index in [2.05, 4.69) is 5.32 Å². The Bertz CT molecular complexity index is 1010. The van der Waals surface area contributed by atoms with Gasteiger partial charge in [0.05, 0.1) is 37.3 Å². The van der Waals surface area contributed by atoms with Crippen molar-refractivity contribution in [3.8, 4) is 11.5 Å². The molecule has 2 aromatic rings. The standard InChI is InChI=1S/C23H23N3O5/c27-21(24-16-5-6-19-20(13-16)31-14-30-19)15-7-9-25(10-8-15)11-12-26-22(28)17-3-1-2-4-18(17)23(26)29/h1-6,13,15H,7-12,14H2,(H,24,27)/p+1. The highest BCUT2D eigenvalue weighted by molar-refractivity contribution is 6.21. The molecule has 1 saturated heterocycles. The van der Waals surface area contributed by atoms with Crippen LogP contribution in [0.1, 0.15) is 33.6 Å². The second kappa shape index (κ2) is 8.03. The van der Waals surface area contributed by atoms with E-state index in [4.69, 9.17) is 9.47 Å². The first kappa shape index (κ1) is 19.6. The molecule has 0 bridgehead atoms. The lowest BCUT2D eigenvalue weighted by Gasteiger charge is -2.29. The van der Waals surface area contributed by atoms with E-state index in [1.165, 1.54) is 9.80 Å². The van der Waals surface area contributed by atoms with Crippen LogP contribution in [0.2, 0.25) is 0 Å². The molecule has 0 radical (unpaired) electrons. The summed E-state index contributed by atoms with van der Waals surface area (Å²) in [7, 11) is 0. The smallest absolute Gasteiger partial charge is 0.261 e. The van der Waals surface area contributed by atoms with Gasteiger partial charge in [-0.25, -0.2) is 0 Å². The fraction of sp³-hybridized carbons (Fsp3) is 0.348. The number of piperidine rings is 1. The van der Waals surface area contributed by atoms with Gasteiger partial charge in [-0.3, -0.25) is 19.3 Å². The molecule has 3 heterocycles. The van der Waals surface area contributed by atoms with E-state index in [-0.39, 0.29) is 30.4 Å². The van der Waals surface area contributed by atoms with Crippen LogP contribution in [0.4, 0.5) is 5.69 Å². The van der Waals surface area contributed by atoms with Crippen molar-refractivity contribution in [3.63, 3.8) is 0 Å². The van der Waals surface area contributed by atoms with Gasteiger partial charge < -0.3 is 19.7 Å². The number of hydrogen-bond donors (Lipinski definition) is 2. The summed E-state index contributed by atoms with van der Waals surface area (Å²) >= 11 is 0. The number of carbonyl (C=O) groups is 3. The number of anilines is 1. The minimum Gasteiger partial charge on any atom is -0.454 e. The molecule has 0 unspecified atom stereocenters. The predicted molar refractivity (Wildman–Crippen MR) is 111 cm³/mol. The average Bonchev–Trinajstić information content (AvgIpc) is 3.35. The van der Waals surface area contributed by atoms with E-state index in [0.29, 0.717) is 41.4 Å². The zero-order chi connectivity index (χ0) is 21.4. The van der Waals surface area contributed by atoms with Gasteiger partial charge in [0, 0.05) is 30.5 Å². The van der Waals surface area contributed by atoms with Gasteiger partial charge in [0.2, 0.25) is 12.7 Å². The van der Waals surface area contributed by atoms with Gasteiger partial charge in [-0.15, -0.1) is 0 Å². The number of carbonyl (C=O) groups excluding carboxylic acids is 3. The Kier molecular flexibility index (Phi) is 5.07. The average molecular weight is 422 g/mol. The van der Waals surface area contributed by atoms with E-state index < -0.39 is 0 Å². The molecule has 1 fully saturated rings. The predicted octanol–water partition coefficient (Wildman–Crippen LogP) is 0.945. The van der Waals surface area contributed by atoms with Gasteiger partial charge >= 0.3 is 0 Å². The van der Waals surface area contributed by atoms with Crippen LogP contribution in [-0.2, 0) is 4.79 Å². The maximum absolute atomic E-state index is 12.7. The minimum atomic E-state index is -0.210. The second-order valence-corrected chi connectivity index (χ2v) is 8.14. The Morgan fingerprint density at radius 2 is 1.68 bits per heavy atom. The highest BCUT2D eigenvalue weighted by Gasteiger charge is 2.36. The quantitative estimate of drug-likeness (QED) is 0.701. The van der Waals surface area contributed by atoms with Crippen molar-refractivity contribution in [1.82, 2.24) is 4.90 Å². The van der Waals surface area contributed by atoms with Crippen LogP contribution in [0.3, 0.4) is 0 Å². The van der Waals surface area contributed by atoms with Crippen LogP contribution in [-0.4, -0.2) is 55.6 Å². The Hall–Kier alpha value is -3.39. The number of fused-ring (bicyclic) bond motifs is 2. The number of ether oxygens (including phenoxy) is 2. The first-order valence-corrected chi connectivity index (χ1v) is 10.6. The van der Waals surface area contributed by atoms with Crippen molar-refractivity contribution in [2.24, 2.45) is 5.92 Å². The summed E-state index contributed by atoms with van der Waals surface area (Å²) in [4.78, 5) is 40.3. The number of rotatable bonds is 5. The fourth-order valence-corrected chi connectivity index (χ4v) is 4.47.